The van der Waals surface area contributed by atoms with Gasteiger partial charge in [0.25, 0.3) is 0 Å². The molecule has 1 amide bonds. The molecule has 4 rings (SSSR count). The number of amides is 1. The molecule has 1 aliphatic rings. The van der Waals surface area contributed by atoms with Crippen LogP contribution in [0.4, 0.5) is 5.69 Å². The molecule has 1 N–H and O–H groups in total. The lowest BCUT2D eigenvalue weighted by Crippen LogP contribution is -2.39. The van der Waals surface area contributed by atoms with Gasteiger partial charge in [-0.15, -0.1) is 0 Å². The zero-order valence-electron chi connectivity index (χ0n) is 16.1. The number of nitrogens with one attached hydrogen (secondary N) is 1. The molecule has 28 heavy (non-hydrogen) atoms. The highest BCUT2D eigenvalue weighted by Gasteiger charge is 2.19. The summed E-state index contributed by atoms with van der Waals surface area (Å²) in [6, 6.07) is 19.9. The van der Waals surface area contributed by atoms with Crippen molar-refractivity contribution >= 4 is 22.4 Å². The number of rotatable bonds is 5. The van der Waals surface area contributed by atoms with E-state index in [0.29, 0.717) is 36.9 Å². The summed E-state index contributed by atoms with van der Waals surface area (Å²) >= 11 is 0. The Morgan fingerprint density at radius 3 is 2.57 bits per heavy atom. The van der Waals surface area contributed by atoms with Crippen molar-refractivity contribution in [3.8, 4) is 11.5 Å². The molecule has 0 saturated heterocycles. The fourth-order valence-electron chi connectivity index (χ4n) is 3.33. The largest absolute Gasteiger partial charge is 0.486 e. The highest BCUT2D eigenvalue weighted by atomic mass is 16.6. The number of benzene rings is 3. The van der Waals surface area contributed by atoms with E-state index in [-0.39, 0.29) is 11.9 Å². The fourth-order valence-corrected chi connectivity index (χ4v) is 3.33. The molecule has 144 valence electrons. The van der Waals surface area contributed by atoms with Gasteiger partial charge in [0.1, 0.15) is 13.2 Å². The summed E-state index contributed by atoms with van der Waals surface area (Å²) in [5, 5.41) is 5.40. The molecule has 0 saturated carbocycles. The molecule has 0 unspecified atom stereocenters. The average molecular weight is 376 g/mol. The van der Waals surface area contributed by atoms with Gasteiger partial charge in [-0.05, 0) is 48.5 Å². The summed E-state index contributed by atoms with van der Waals surface area (Å²) in [5.41, 5.74) is 1.89. The minimum atomic E-state index is -0.278. The normalized spacial score (nSPS) is 14.1. The number of ether oxygens (including phenoxy) is 2. The number of fused-ring (bicyclic) bond motifs is 2. The smallest absolute Gasteiger partial charge is 0.241 e. The lowest BCUT2D eigenvalue weighted by Gasteiger charge is -2.24. The second-order valence-electron chi connectivity index (χ2n) is 7.12. The number of likely N-dealkylation sites (N-methyl/N-ethyl adjacent to an activating group) is 1. The van der Waals surface area contributed by atoms with Gasteiger partial charge >= 0.3 is 0 Å². The quantitative estimate of drug-likeness (QED) is 0.729. The van der Waals surface area contributed by atoms with Gasteiger partial charge in [0, 0.05) is 18.3 Å². The summed E-state index contributed by atoms with van der Waals surface area (Å²) in [6.45, 7) is 3.68. The molecule has 5 nitrogen and oxygen atoms in total. The first-order valence-corrected chi connectivity index (χ1v) is 9.48. The summed E-state index contributed by atoms with van der Waals surface area (Å²) in [5.74, 6) is 1.33. The van der Waals surface area contributed by atoms with Gasteiger partial charge in [-0.3, -0.25) is 9.69 Å². The third-order valence-electron chi connectivity index (χ3n) is 5.10. The number of anilines is 1. The van der Waals surface area contributed by atoms with Gasteiger partial charge in [-0.2, -0.15) is 0 Å². The minimum Gasteiger partial charge on any atom is -0.486 e. The first kappa shape index (κ1) is 18.3. The molecule has 0 fully saturated rings. The van der Waals surface area contributed by atoms with Crippen LogP contribution >= 0.6 is 0 Å². The van der Waals surface area contributed by atoms with Crippen molar-refractivity contribution in [2.75, 3.05) is 25.6 Å². The molecule has 0 spiro atoms. The van der Waals surface area contributed by atoms with Crippen molar-refractivity contribution < 1.29 is 14.3 Å². The van der Waals surface area contributed by atoms with E-state index >= 15 is 0 Å². The van der Waals surface area contributed by atoms with Gasteiger partial charge in [0.05, 0.1) is 6.04 Å². The summed E-state index contributed by atoms with van der Waals surface area (Å²) in [4.78, 5) is 14.7. The maximum Gasteiger partial charge on any atom is 0.241 e. The van der Waals surface area contributed by atoms with E-state index in [4.69, 9.17) is 9.47 Å². The van der Waals surface area contributed by atoms with Crippen LogP contribution in [0.3, 0.4) is 0 Å². The van der Waals surface area contributed by atoms with Crippen LogP contribution in [0.2, 0.25) is 0 Å². The monoisotopic (exact) mass is 376 g/mol. The first-order chi connectivity index (χ1) is 13.6. The van der Waals surface area contributed by atoms with E-state index in [1.54, 1.807) is 0 Å². The lowest BCUT2D eigenvalue weighted by molar-refractivity contribution is -0.120. The van der Waals surface area contributed by atoms with Gasteiger partial charge in [-0.25, -0.2) is 0 Å². The molecule has 0 radical (unpaired) electrons. The maximum absolute atomic E-state index is 12.7. The van der Waals surface area contributed by atoms with Crippen molar-refractivity contribution in [2.45, 2.75) is 19.5 Å². The minimum absolute atomic E-state index is 0.0556. The zero-order chi connectivity index (χ0) is 19.5. The average Bonchev–Trinajstić information content (AvgIpc) is 2.73. The molecule has 0 bridgehead atoms. The summed E-state index contributed by atoms with van der Waals surface area (Å²) < 4.78 is 11.1. The molecule has 1 aliphatic heterocycles. The van der Waals surface area contributed by atoms with Crippen molar-refractivity contribution in [2.24, 2.45) is 0 Å². The Morgan fingerprint density at radius 2 is 1.75 bits per heavy atom. The Labute approximate surface area is 164 Å². The highest BCUT2D eigenvalue weighted by molar-refractivity contribution is 5.94. The molecular weight excluding hydrogens is 352 g/mol. The molecule has 0 aromatic heterocycles. The zero-order valence-corrected chi connectivity index (χ0v) is 16.1. The third kappa shape index (κ3) is 3.94. The van der Waals surface area contributed by atoms with Crippen molar-refractivity contribution in [1.82, 2.24) is 4.90 Å². The molecular formula is C23H24N2O3. The van der Waals surface area contributed by atoms with E-state index in [2.05, 4.69) is 35.6 Å². The second-order valence-corrected chi connectivity index (χ2v) is 7.12. The van der Waals surface area contributed by atoms with Crippen LogP contribution in [-0.2, 0) is 11.3 Å². The molecule has 1 heterocycles. The predicted molar refractivity (Wildman–Crippen MR) is 111 cm³/mol. The topological polar surface area (TPSA) is 50.8 Å². The molecule has 3 aromatic rings. The van der Waals surface area contributed by atoms with E-state index < -0.39 is 0 Å². The third-order valence-corrected chi connectivity index (χ3v) is 5.10. The summed E-state index contributed by atoms with van der Waals surface area (Å²) in [6.07, 6.45) is 0. The Balaban J connectivity index is 1.41. The second kappa shape index (κ2) is 7.90. The van der Waals surface area contributed by atoms with Gasteiger partial charge < -0.3 is 14.8 Å². The lowest BCUT2D eigenvalue weighted by atomic mass is 10.1. The molecule has 3 aromatic carbocycles. The van der Waals surface area contributed by atoms with Crippen molar-refractivity contribution in [1.29, 1.82) is 0 Å². The number of hydrogen-bond donors (Lipinski definition) is 1. The number of carbonyl (C=O) groups excluding carboxylic acids is 1. The highest BCUT2D eigenvalue weighted by Crippen LogP contribution is 2.32. The van der Waals surface area contributed by atoms with Gasteiger partial charge in [0.2, 0.25) is 5.91 Å². The SMILES string of the molecule is C[C@@H](C(=O)Nc1ccc2c(c1)OCCO2)N(C)Cc1ccc2ccccc2c1. The van der Waals surface area contributed by atoms with Crippen LogP contribution in [0.1, 0.15) is 12.5 Å². The summed E-state index contributed by atoms with van der Waals surface area (Å²) in [7, 11) is 1.96. The van der Waals surface area contributed by atoms with Crippen molar-refractivity contribution in [3.05, 3.63) is 66.2 Å². The van der Waals surface area contributed by atoms with E-state index in [1.807, 2.05) is 49.2 Å². The van der Waals surface area contributed by atoms with Crippen LogP contribution in [0, 0.1) is 0 Å². The first-order valence-electron chi connectivity index (χ1n) is 9.48. The number of nitrogens with zero attached hydrogens (tertiary/aromatic N) is 1. The Bertz CT molecular complexity index is 1000. The van der Waals surface area contributed by atoms with Crippen molar-refractivity contribution in [3.63, 3.8) is 0 Å². The van der Waals surface area contributed by atoms with Crippen LogP contribution in [-0.4, -0.2) is 37.1 Å². The Kier molecular flexibility index (Phi) is 5.17. The number of carbonyl (C=O) groups is 1. The Morgan fingerprint density at radius 1 is 1.00 bits per heavy atom. The maximum atomic E-state index is 12.7. The van der Waals surface area contributed by atoms with Crippen LogP contribution < -0.4 is 14.8 Å². The van der Waals surface area contributed by atoms with Crippen LogP contribution in [0.5, 0.6) is 11.5 Å². The number of hydrogen-bond acceptors (Lipinski definition) is 4. The predicted octanol–water partition coefficient (Wildman–Crippen LogP) is 4.07. The van der Waals surface area contributed by atoms with Gasteiger partial charge in [0.15, 0.2) is 11.5 Å². The van der Waals surface area contributed by atoms with E-state index in [9.17, 15) is 4.79 Å². The fraction of sp³-hybridized carbons (Fsp3) is 0.261. The molecule has 1 atom stereocenters. The standard InChI is InChI=1S/C23H24N2O3/c1-16(23(26)24-20-9-10-21-22(14-20)28-12-11-27-21)25(2)15-17-7-8-18-5-3-4-6-19(18)13-17/h3-10,13-14,16H,11-12,15H2,1-2H3,(H,24,26)/t16-/m0/s1. The van der Waals surface area contributed by atoms with E-state index in [0.717, 1.165) is 0 Å². The van der Waals surface area contributed by atoms with Crippen LogP contribution in [0.15, 0.2) is 60.7 Å². The Hall–Kier alpha value is -3.05. The molecule has 5 heteroatoms. The molecule has 0 aliphatic carbocycles. The van der Waals surface area contributed by atoms with Gasteiger partial charge in [-0.1, -0.05) is 36.4 Å². The van der Waals surface area contributed by atoms with Crippen LogP contribution in [0.25, 0.3) is 10.8 Å². The van der Waals surface area contributed by atoms with E-state index in [1.165, 1.54) is 16.3 Å².